The van der Waals surface area contributed by atoms with Crippen LogP contribution in [0.4, 0.5) is 5.00 Å². The third-order valence-corrected chi connectivity index (χ3v) is 7.17. The van der Waals surface area contributed by atoms with E-state index in [1.165, 1.54) is 22.7 Å². The van der Waals surface area contributed by atoms with Crippen LogP contribution in [-0.4, -0.2) is 18.5 Å². The molecule has 0 aliphatic heterocycles. The van der Waals surface area contributed by atoms with Crippen LogP contribution in [0.5, 0.6) is 0 Å². The van der Waals surface area contributed by atoms with Crippen LogP contribution in [0, 0.1) is 6.92 Å². The molecule has 0 fully saturated rings. The summed E-state index contributed by atoms with van der Waals surface area (Å²) in [5.41, 5.74) is 3.10. The molecule has 0 spiro atoms. The highest BCUT2D eigenvalue weighted by Gasteiger charge is 2.25. The largest absolute Gasteiger partial charge is 0.462 e. The van der Waals surface area contributed by atoms with Gasteiger partial charge in [-0.25, -0.2) is 4.79 Å². The van der Waals surface area contributed by atoms with E-state index in [1.807, 2.05) is 60.8 Å². The number of amides is 1. The lowest BCUT2D eigenvalue weighted by Crippen LogP contribution is -2.14. The summed E-state index contributed by atoms with van der Waals surface area (Å²) >= 11 is 9.07. The van der Waals surface area contributed by atoms with Crippen molar-refractivity contribution in [3.63, 3.8) is 0 Å². The van der Waals surface area contributed by atoms with Crippen LogP contribution < -0.4 is 5.32 Å². The van der Waals surface area contributed by atoms with Crippen LogP contribution in [-0.2, 0) is 4.74 Å². The van der Waals surface area contributed by atoms with Gasteiger partial charge in [-0.05, 0) is 25.5 Å². The van der Waals surface area contributed by atoms with Gasteiger partial charge in [-0.2, -0.15) is 0 Å². The second-order valence-electron chi connectivity index (χ2n) is 6.64. The highest BCUT2D eigenvalue weighted by Crippen LogP contribution is 2.39. The summed E-state index contributed by atoms with van der Waals surface area (Å²) in [7, 11) is 0. The second kappa shape index (κ2) is 8.60. The van der Waals surface area contributed by atoms with Gasteiger partial charge in [-0.15, -0.1) is 22.7 Å². The number of thiophene rings is 2. The Morgan fingerprint density at radius 3 is 2.53 bits per heavy atom. The zero-order valence-electron chi connectivity index (χ0n) is 16.3. The number of fused-ring (bicyclic) bond motifs is 1. The SMILES string of the molecule is CCOC(=O)c1c(-c2ccc(C)cc2)csc1NC(=O)c1sc2ccccc2c1Cl. The van der Waals surface area contributed by atoms with Crippen LogP contribution in [0.25, 0.3) is 21.2 Å². The number of halogens is 1. The van der Waals surface area contributed by atoms with E-state index in [1.54, 1.807) is 6.92 Å². The number of ether oxygens (including phenoxy) is 1. The number of carbonyl (C=O) groups is 2. The summed E-state index contributed by atoms with van der Waals surface area (Å²) in [4.78, 5) is 26.1. The number of rotatable bonds is 5. The molecule has 4 rings (SSSR count). The van der Waals surface area contributed by atoms with Crippen molar-refractivity contribution in [3.05, 3.63) is 74.9 Å². The second-order valence-corrected chi connectivity index (χ2v) is 8.95. The van der Waals surface area contributed by atoms with Crippen LogP contribution in [0.1, 0.15) is 32.5 Å². The van der Waals surface area contributed by atoms with E-state index >= 15 is 0 Å². The maximum Gasteiger partial charge on any atom is 0.341 e. The molecule has 4 nitrogen and oxygen atoms in total. The topological polar surface area (TPSA) is 55.4 Å². The predicted molar refractivity (Wildman–Crippen MR) is 125 cm³/mol. The van der Waals surface area contributed by atoms with Gasteiger partial charge in [0.25, 0.3) is 5.91 Å². The lowest BCUT2D eigenvalue weighted by molar-refractivity contribution is 0.0529. The standard InChI is InChI=1S/C23H18ClNO3S2/c1-3-28-23(27)18-16(14-10-8-13(2)9-11-14)12-29-22(18)25-21(26)20-19(24)15-6-4-5-7-17(15)30-20/h4-12H,3H2,1-2H3,(H,25,26). The van der Waals surface area contributed by atoms with E-state index in [9.17, 15) is 9.59 Å². The van der Waals surface area contributed by atoms with Gasteiger partial charge in [0.2, 0.25) is 0 Å². The molecule has 30 heavy (non-hydrogen) atoms. The zero-order valence-corrected chi connectivity index (χ0v) is 18.7. The lowest BCUT2D eigenvalue weighted by Gasteiger charge is -2.09. The first-order valence-corrected chi connectivity index (χ1v) is 11.4. The van der Waals surface area contributed by atoms with E-state index in [4.69, 9.17) is 16.3 Å². The van der Waals surface area contributed by atoms with Crippen molar-refractivity contribution in [2.75, 3.05) is 11.9 Å². The molecular weight excluding hydrogens is 438 g/mol. The quantitative estimate of drug-likeness (QED) is 0.329. The van der Waals surface area contributed by atoms with Crippen molar-refractivity contribution < 1.29 is 14.3 Å². The third kappa shape index (κ3) is 3.86. The van der Waals surface area contributed by atoms with E-state index < -0.39 is 5.97 Å². The van der Waals surface area contributed by atoms with Crippen molar-refractivity contribution in [2.24, 2.45) is 0 Å². The van der Waals surface area contributed by atoms with Gasteiger partial charge in [-0.1, -0.05) is 59.6 Å². The van der Waals surface area contributed by atoms with Gasteiger partial charge in [0.1, 0.15) is 15.4 Å². The first-order valence-electron chi connectivity index (χ1n) is 9.33. The van der Waals surface area contributed by atoms with Gasteiger partial charge in [-0.3, -0.25) is 4.79 Å². The molecule has 2 heterocycles. The molecule has 0 aliphatic rings. The van der Waals surface area contributed by atoms with Crippen LogP contribution in [0.3, 0.4) is 0 Å². The maximum absolute atomic E-state index is 13.0. The highest BCUT2D eigenvalue weighted by atomic mass is 35.5. The number of carbonyl (C=O) groups excluding carboxylic acids is 2. The summed E-state index contributed by atoms with van der Waals surface area (Å²) in [5, 5.41) is 6.44. The molecule has 0 bridgehead atoms. The minimum absolute atomic E-state index is 0.248. The average molecular weight is 456 g/mol. The highest BCUT2D eigenvalue weighted by molar-refractivity contribution is 7.22. The van der Waals surface area contributed by atoms with Gasteiger partial charge < -0.3 is 10.1 Å². The summed E-state index contributed by atoms with van der Waals surface area (Å²) in [6.07, 6.45) is 0. The van der Waals surface area contributed by atoms with Crippen LogP contribution >= 0.6 is 34.3 Å². The molecule has 1 N–H and O–H groups in total. The normalized spacial score (nSPS) is 10.9. The Kier molecular flexibility index (Phi) is 5.90. The Bertz CT molecular complexity index is 1240. The average Bonchev–Trinajstić information content (AvgIpc) is 3.30. The fraction of sp³-hybridized carbons (Fsp3) is 0.130. The number of anilines is 1. The third-order valence-electron chi connectivity index (χ3n) is 4.60. The van der Waals surface area contributed by atoms with Crippen molar-refractivity contribution in [2.45, 2.75) is 13.8 Å². The molecule has 4 aromatic rings. The van der Waals surface area contributed by atoms with Gasteiger partial charge in [0.15, 0.2) is 0 Å². The van der Waals surface area contributed by atoms with E-state index in [2.05, 4.69) is 5.32 Å². The number of benzene rings is 2. The van der Waals surface area contributed by atoms with Gasteiger partial charge >= 0.3 is 5.97 Å². The molecular formula is C23H18ClNO3S2. The Morgan fingerprint density at radius 2 is 1.83 bits per heavy atom. The molecule has 152 valence electrons. The molecule has 2 aromatic heterocycles. The Morgan fingerprint density at radius 1 is 1.10 bits per heavy atom. The number of hydrogen-bond acceptors (Lipinski definition) is 5. The molecule has 0 unspecified atom stereocenters. The van der Waals surface area contributed by atoms with Crippen LogP contribution in [0.15, 0.2) is 53.9 Å². The molecule has 0 saturated carbocycles. The zero-order chi connectivity index (χ0) is 21.3. The summed E-state index contributed by atoms with van der Waals surface area (Å²) < 4.78 is 6.20. The van der Waals surface area contributed by atoms with Crippen molar-refractivity contribution in [1.82, 2.24) is 0 Å². The van der Waals surface area contributed by atoms with Crippen molar-refractivity contribution >= 4 is 61.2 Å². The lowest BCUT2D eigenvalue weighted by atomic mass is 10.0. The Labute approximate surface area is 187 Å². The van der Waals surface area contributed by atoms with Crippen molar-refractivity contribution in [3.8, 4) is 11.1 Å². The van der Waals surface area contributed by atoms with Gasteiger partial charge in [0.05, 0.1) is 11.6 Å². The monoisotopic (exact) mass is 455 g/mol. The number of hydrogen-bond donors (Lipinski definition) is 1. The molecule has 0 atom stereocenters. The molecule has 1 amide bonds. The maximum atomic E-state index is 13.0. The Hall–Kier alpha value is -2.67. The molecule has 0 saturated heterocycles. The fourth-order valence-electron chi connectivity index (χ4n) is 3.12. The van der Waals surface area contributed by atoms with Crippen molar-refractivity contribution in [1.29, 1.82) is 0 Å². The van der Waals surface area contributed by atoms with E-state index in [-0.39, 0.29) is 12.5 Å². The number of aryl methyl sites for hydroxylation is 1. The summed E-state index contributed by atoms with van der Waals surface area (Å²) in [5.74, 6) is -0.809. The first kappa shape index (κ1) is 20.6. The number of nitrogens with one attached hydrogen (secondary N) is 1. The fourth-order valence-corrected chi connectivity index (χ4v) is 5.49. The first-order chi connectivity index (χ1) is 14.5. The number of esters is 1. The van der Waals surface area contributed by atoms with E-state index in [0.717, 1.165) is 26.8 Å². The molecule has 0 radical (unpaired) electrons. The summed E-state index contributed by atoms with van der Waals surface area (Å²) in [6, 6.07) is 15.5. The minimum Gasteiger partial charge on any atom is -0.462 e. The Balaban J connectivity index is 1.72. The molecule has 2 aromatic carbocycles. The smallest absolute Gasteiger partial charge is 0.341 e. The summed E-state index contributed by atoms with van der Waals surface area (Å²) in [6.45, 7) is 4.01. The predicted octanol–water partition coefficient (Wildman–Crippen LogP) is 7.02. The molecule has 0 aliphatic carbocycles. The molecule has 7 heteroatoms. The van der Waals surface area contributed by atoms with E-state index in [0.29, 0.717) is 20.5 Å². The van der Waals surface area contributed by atoms with Gasteiger partial charge in [0, 0.05) is 21.0 Å². The van der Waals surface area contributed by atoms with Crippen LogP contribution in [0.2, 0.25) is 5.02 Å². The minimum atomic E-state index is -0.466.